The fourth-order valence-electron chi connectivity index (χ4n) is 5.12. The lowest BCUT2D eigenvalue weighted by Crippen LogP contribution is -2.51. The molecular formula is C23H28FN5O2. The second kappa shape index (κ2) is 8.53. The Bertz CT molecular complexity index is 1100. The number of fused-ring (bicyclic) bond motifs is 3. The van der Waals surface area contributed by atoms with Crippen molar-refractivity contribution in [3.63, 3.8) is 0 Å². The summed E-state index contributed by atoms with van der Waals surface area (Å²) in [4.78, 5) is 15.0. The van der Waals surface area contributed by atoms with Crippen LogP contribution in [0.4, 0.5) is 4.39 Å². The average molecular weight is 426 g/mol. The molecule has 0 saturated carbocycles. The Morgan fingerprint density at radius 1 is 1.10 bits per heavy atom. The number of rotatable bonds is 7. The van der Waals surface area contributed by atoms with Crippen molar-refractivity contribution in [2.45, 2.75) is 63.1 Å². The Kier molecular flexibility index (Phi) is 5.60. The monoisotopic (exact) mass is 425 g/mol. The van der Waals surface area contributed by atoms with Crippen molar-refractivity contribution in [1.82, 2.24) is 19.1 Å². The third-order valence-corrected chi connectivity index (χ3v) is 6.61. The second-order valence-corrected chi connectivity index (χ2v) is 8.73. The number of ether oxygens (including phenoxy) is 1. The molecule has 2 fully saturated rings. The van der Waals surface area contributed by atoms with E-state index in [0.29, 0.717) is 36.4 Å². The van der Waals surface area contributed by atoms with E-state index in [-0.39, 0.29) is 23.7 Å². The molecule has 2 bridgehead atoms. The minimum Gasteiger partial charge on any atom is -0.373 e. The number of hydrogen-bond acceptors (Lipinski definition) is 5. The van der Waals surface area contributed by atoms with Crippen LogP contribution in [0.1, 0.15) is 31.2 Å². The molecule has 164 valence electrons. The first-order valence-electron chi connectivity index (χ1n) is 11.0. The number of nitrogens with two attached hydrogens (primary N) is 1. The van der Waals surface area contributed by atoms with Crippen LogP contribution in [0, 0.1) is 5.82 Å². The highest BCUT2D eigenvalue weighted by Gasteiger charge is 2.41. The van der Waals surface area contributed by atoms with E-state index < -0.39 is 0 Å². The smallest absolute Gasteiger partial charge is 0.350 e. The van der Waals surface area contributed by atoms with Crippen LogP contribution in [0.5, 0.6) is 0 Å². The Morgan fingerprint density at radius 3 is 2.58 bits per heavy atom. The summed E-state index contributed by atoms with van der Waals surface area (Å²) >= 11 is 0. The number of nitrogens with zero attached hydrogens (tertiary/aromatic N) is 4. The third kappa shape index (κ3) is 4.15. The van der Waals surface area contributed by atoms with Gasteiger partial charge in [-0.05, 0) is 43.9 Å². The summed E-state index contributed by atoms with van der Waals surface area (Å²) in [7, 11) is 0. The molecule has 0 spiro atoms. The maximum Gasteiger partial charge on any atom is 0.350 e. The molecule has 2 aromatic heterocycles. The molecule has 31 heavy (non-hydrogen) atoms. The summed E-state index contributed by atoms with van der Waals surface area (Å²) in [6.07, 6.45) is 6.00. The van der Waals surface area contributed by atoms with E-state index in [0.717, 1.165) is 32.2 Å². The summed E-state index contributed by atoms with van der Waals surface area (Å²) in [5.74, 6) is -0.212. The molecule has 2 aliphatic heterocycles. The summed E-state index contributed by atoms with van der Waals surface area (Å²) < 4.78 is 22.9. The normalized spacial score (nSPS) is 24.6. The molecule has 2 saturated heterocycles. The van der Waals surface area contributed by atoms with Gasteiger partial charge >= 0.3 is 5.69 Å². The van der Waals surface area contributed by atoms with Gasteiger partial charge in [0.15, 0.2) is 5.65 Å². The highest BCUT2D eigenvalue weighted by atomic mass is 19.1. The molecule has 2 aliphatic rings. The van der Waals surface area contributed by atoms with Gasteiger partial charge in [0, 0.05) is 36.4 Å². The molecule has 3 aromatic rings. The van der Waals surface area contributed by atoms with Crippen molar-refractivity contribution >= 4 is 5.65 Å². The molecule has 0 aliphatic carbocycles. The highest BCUT2D eigenvalue weighted by molar-refractivity contribution is 5.35. The lowest BCUT2D eigenvalue weighted by molar-refractivity contribution is -0.0305. The Morgan fingerprint density at radius 2 is 1.84 bits per heavy atom. The number of benzene rings is 1. The predicted octanol–water partition coefficient (Wildman–Crippen LogP) is 2.17. The van der Waals surface area contributed by atoms with Crippen molar-refractivity contribution in [2.24, 2.45) is 5.73 Å². The molecule has 3 unspecified atom stereocenters. The Balaban J connectivity index is 1.18. The van der Waals surface area contributed by atoms with Gasteiger partial charge in [0.05, 0.1) is 19.3 Å². The summed E-state index contributed by atoms with van der Waals surface area (Å²) in [5.41, 5.74) is 7.52. The van der Waals surface area contributed by atoms with Crippen molar-refractivity contribution in [2.75, 3.05) is 6.54 Å². The standard InChI is InChI=1S/C23H28FN5O2/c24-21-6-2-1-5-16(21)15-31-20-11-18-8-9-19(12-20)28(18)13-17(25)14-29-23(30)27-10-4-3-7-22(27)26-29/h1-7,10,17-20H,8-9,11-15,25H2. The zero-order valence-electron chi connectivity index (χ0n) is 17.4. The van der Waals surface area contributed by atoms with Crippen LogP contribution in [0.15, 0.2) is 53.5 Å². The quantitative estimate of drug-likeness (QED) is 0.628. The number of hydrogen-bond donors (Lipinski definition) is 1. The van der Waals surface area contributed by atoms with Gasteiger partial charge in [0.1, 0.15) is 5.82 Å². The zero-order chi connectivity index (χ0) is 21.4. The van der Waals surface area contributed by atoms with E-state index in [1.54, 1.807) is 18.3 Å². The van der Waals surface area contributed by atoms with E-state index in [9.17, 15) is 9.18 Å². The SMILES string of the molecule is NC(CN1C2CCC1CC(OCc1ccccc1F)C2)Cn1nc2ccccn2c1=O. The van der Waals surface area contributed by atoms with E-state index in [2.05, 4.69) is 10.00 Å². The molecule has 5 rings (SSSR count). The van der Waals surface area contributed by atoms with E-state index >= 15 is 0 Å². The summed E-state index contributed by atoms with van der Waals surface area (Å²) in [6, 6.07) is 12.9. The first-order chi connectivity index (χ1) is 15.1. The molecule has 4 heterocycles. The first kappa shape index (κ1) is 20.4. The van der Waals surface area contributed by atoms with Gasteiger partial charge in [-0.2, -0.15) is 0 Å². The van der Waals surface area contributed by atoms with Crippen LogP contribution in [0.3, 0.4) is 0 Å². The third-order valence-electron chi connectivity index (χ3n) is 6.61. The van der Waals surface area contributed by atoms with Gasteiger partial charge in [-0.25, -0.2) is 13.9 Å². The Labute approximate surface area is 180 Å². The molecule has 0 radical (unpaired) electrons. The second-order valence-electron chi connectivity index (χ2n) is 8.73. The van der Waals surface area contributed by atoms with Crippen molar-refractivity contribution in [3.05, 3.63) is 70.5 Å². The maximum absolute atomic E-state index is 13.9. The van der Waals surface area contributed by atoms with Crippen LogP contribution < -0.4 is 11.4 Å². The van der Waals surface area contributed by atoms with Crippen LogP contribution in [0.25, 0.3) is 5.65 Å². The fourth-order valence-corrected chi connectivity index (χ4v) is 5.12. The Hall–Kier alpha value is -2.55. The summed E-state index contributed by atoms with van der Waals surface area (Å²) in [5, 5.41) is 4.39. The molecule has 7 nitrogen and oxygen atoms in total. The van der Waals surface area contributed by atoms with Crippen LogP contribution in [0.2, 0.25) is 0 Å². The minimum absolute atomic E-state index is 0.144. The predicted molar refractivity (Wildman–Crippen MR) is 115 cm³/mol. The highest BCUT2D eigenvalue weighted by Crippen LogP contribution is 2.37. The van der Waals surface area contributed by atoms with Crippen molar-refractivity contribution < 1.29 is 9.13 Å². The number of aromatic nitrogens is 3. The van der Waals surface area contributed by atoms with E-state index in [1.165, 1.54) is 15.1 Å². The van der Waals surface area contributed by atoms with Gasteiger partial charge in [-0.15, -0.1) is 5.10 Å². The zero-order valence-corrected chi connectivity index (χ0v) is 17.4. The lowest BCUT2D eigenvalue weighted by atomic mass is 9.99. The topological polar surface area (TPSA) is 77.8 Å². The average Bonchev–Trinajstić information content (AvgIpc) is 3.19. The molecule has 0 amide bonds. The fraction of sp³-hybridized carbons (Fsp3) is 0.478. The summed E-state index contributed by atoms with van der Waals surface area (Å²) in [6.45, 7) is 1.44. The molecule has 2 N–H and O–H groups in total. The van der Waals surface area contributed by atoms with Crippen LogP contribution >= 0.6 is 0 Å². The van der Waals surface area contributed by atoms with Gasteiger partial charge in [0.2, 0.25) is 0 Å². The molecule has 1 aromatic carbocycles. The van der Waals surface area contributed by atoms with Gasteiger partial charge in [-0.1, -0.05) is 24.3 Å². The molecular weight excluding hydrogens is 397 g/mol. The van der Waals surface area contributed by atoms with Crippen molar-refractivity contribution in [1.29, 1.82) is 0 Å². The number of halogens is 1. The van der Waals surface area contributed by atoms with Crippen LogP contribution in [-0.2, 0) is 17.9 Å². The lowest BCUT2D eigenvalue weighted by Gasteiger charge is -2.40. The minimum atomic E-state index is -0.212. The van der Waals surface area contributed by atoms with Gasteiger partial charge in [-0.3, -0.25) is 9.30 Å². The molecule has 3 atom stereocenters. The molecule has 8 heteroatoms. The van der Waals surface area contributed by atoms with Crippen LogP contribution in [-0.4, -0.2) is 49.9 Å². The largest absolute Gasteiger partial charge is 0.373 e. The van der Waals surface area contributed by atoms with E-state index in [1.807, 2.05) is 24.3 Å². The van der Waals surface area contributed by atoms with Crippen molar-refractivity contribution in [3.8, 4) is 0 Å². The number of piperidine rings is 1. The maximum atomic E-state index is 13.9. The van der Waals surface area contributed by atoms with Gasteiger partial charge in [0.25, 0.3) is 0 Å². The van der Waals surface area contributed by atoms with Gasteiger partial charge < -0.3 is 10.5 Å². The first-order valence-corrected chi connectivity index (χ1v) is 11.0. The number of pyridine rings is 1. The van der Waals surface area contributed by atoms with E-state index in [4.69, 9.17) is 10.5 Å².